The molecular formula is C25H31N3O4S2. The number of benzene rings is 2. The number of hydrogen-bond donors (Lipinski definition) is 0. The van der Waals surface area contributed by atoms with Gasteiger partial charge in [-0.2, -0.15) is 4.99 Å². The maximum atomic E-state index is 13.0. The average molecular weight is 502 g/mol. The number of nitrogens with zero attached hydrogens (tertiary/aromatic N) is 3. The molecule has 2 saturated heterocycles. The summed E-state index contributed by atoms with van der Waals surface area (Å²) in [6.45, 7) is 8.08. The average Bonchev–Trinajstić information content (AvgIpc) is 3.26. The molecule has 2 aromatic rings. The number of anilines is 2. The van der Waals surface area contributed by atoms with Gasteiger partial charge in [0.2, 0.25) is 0 Å². The van der Waals surface area contributed by atoms with Gasteiger partial charge in [-0.15, -0.1) is 0 Å². The van der Waals surface area contributed by atoms with Crippen molar-refractivity contribution in [2.75, 3.05) is 41.5 Å². The minimum absolute atomic E-state index is 0.0711. The number of amidine groups is 1. The molecule has 4 rings (SSSR count). The number of amides is 1. The molecule has 34 heavy (non-hydrogen) atoms. The van der Waals surface area contributed by atoms with Crippen LogP contribution in [0.5, 0.6) is 5.75 Å². The fourth-order valence-electron chi connectivity index (χ4n) is 4.70. The number of fused-ring (bicyclic) bond motifs is 1. The summed E-state index contributed by atoms with van der Waals surface area (Å²) in [4.78, 5) is 21.7. The number of rotatable bonds is 7. The van der Waals surface area contributed by atoms with Crippen molar-refractivity contribution in [1.29, 1.82) is 0 Å². The van der Waals surface area contributed by atoms with Gasteiger partial charge >= 0.3 is 0 Å². The molecule has 7 nitrogen and oxygen atoms in total. The molecule has 0 bridgehead atoms. The summed E-state index contributed by atoms with van der Waals surface area (Å²) >= 11 is 1.40. The zero-order chi connectivity index (χ0) is 24.5. The Balaban J connectivity index is 1.68. The summed E-state index contributed by atoms with van der Waals surface area (Å²) in [7, 11) is -1.55. The van der Waals surface area contributed by atoms with Crippen LogP contribution in [-0.2, 0) is 21.1 Å². The number of methoxy groups -OCH3 is 1. The smallest absolute Gasteiger partial charge is 0.252 e. The van der Waals surface area contributed by atoms with Gasteiger partial charge in [-0.25, -0.2) is 8.42 Å². The van der Waals surface area contributed by atoms with Gasteiger partial charge in [0.05, 0.1) is 31.1 Å². The van der Waals surface area contributed by atoms with Crippen molar-refractivity contribution in [2.24, 2.45) is 4.99 Å². The van der Waals surface area contributed by atoms with E-state index in [-0.39, 0.29) is 35.1 Å². The maximum Gasteiger partial charge on any atom is 0.252 e. The zero-order valence-corrected chi connectivity index (χ0v) is 21.7. The van der Waals surface area contributed by atoms with E-state index < -0.39 is 9.84 Å². The SMILES string of the molecule is CCN(CC)c1ccc(N2C(=NC(=O)Cc3ccccc3OC)S[C@@H]3CS(=O)(=O)C[C@H]32)c(C)c1. The fourth-order valence-corrected chi connectivity index (χ4v) is 8.62. The summed E-state index contributed by atoms with van der Waals surface area (Å²) in [5.74, 6) is 0.548. The predicted molar refractivity (Wildman–Crippen MR) is 140 cm³/mol. The number of para-hydroxylation sites is 1. The molecule has 2 fully saturated rings. The first-order valence-electron chi connectivity index (χ1n) is 11.5. The first-order chi connectivity index (χ1) is 16.3. The Hall–Kier alpha value is -2.52. The lowest BCUT2D eigenvalue weighted by molar-refractivity contribution is -0.117. The maximum absolute atomic E-state index is 13.0. The second-order valence-corrected chi connectivity index (χ2v) is 12.0. The summed E-state index contributed by atoms with van der Waals surface area (Å²) in [6.07, 6.45) is 0.120. The van der Waals surface area contributed by atoms with Gasteiger partial charge in [-0.05, 0) is 50.6 Å². The molecule has 0 saturated carbocycles. The number of carbonyl (C=O) groups is 1. The third-order valence-electron chi connectivity index (χ3n) is 6.39. The Labute approximate surface area is 206 Å². The minimum atomic E-state index is -3.13. The van der Waals surface area contributed by atoms with Gasteiger partial charge in [0.25, 0.3) is 5.91 Å². The molecule has 2 heterocycles. The monoisotopic (exact) mass is 501 g/mol. The van der Waals surface area contributed by atoms with Gasteiger partial charge in [0, 0.05) is 35.3 Å². The Morgan fingerprint density at radius 2 is 1.91 bits per heavy atom. The summed E-state index contributed by atoms with van der Waals surface area (Å²) < 4.78 is 30.2. The Kier molecular flexibility index (Phi) is 7.23. The highest BCUT2D eigenvalue weighted by atomic mass is 32.2. The molecule has 9 heteroatoms. The molecule has 182 valence electrons. The predicted octanol–water partition coefficient (Wildman–Crippen LogP) is 3.69. The van der Waals surface area contributed by atoms with Crippen LogP contribution in [0.15, 0.2) is 47.5 Å². The minimum Gasteiger partial charge on any atom is -0.496 e. The van der Waals surface area contributed by atoms with E-state index in [0.717, 1.165) is 35.6 Å². The number of carbonyl (C=O) groups excluding carboxylic acids is 1. The molecular weight excluding hydrogens is 470 g/mol. The van der Waals surface area contributed by atoms with E-state index in [1.165, 1.54) is 11.8 Å². The highest BCUT2D eigenvalue weighted by Crippen LogP contribution is 2.42. The van der Waals surface area contributed by atoms with Crippen molar-refractivity contribution >= 4 is 44.0 Å². The van der Waals surface area contributed by atoms with Gasteiger partial charge in [0.1, 0.15) is 5.75 Å². The Bertz CT molecular complexity index is 1210. The van der Waals surface area contributed by atoms with Crippen LogP contribution in [0.4, 0.5) is 11.4 Å². The van der Waals surface area contributed by atoms with Crippen molar-refractivity contribution in [3.05, 3.63) is 53.6 Å². The fraction of sp³-hybridized carbons (Fsp3) is 0.440. The van der Waals surface area contributed by atoms with Crippen molar-refractivity contribution in [2.45, 2.75) is 38.5 Å². The number of aliphatic imine (C=N–C) groups is 1. The van der Waals surface area contributed by atoms with E-state index in [1.807, 2.05) is 42.2 Å². The first kappa shape index (κ1) is 24.6. The lowest BCUT2D eigenvalue weighted by Crippen LogP contribution is -2.38. The molecule has 0 unspecified atom stereocenters. The first-order valence-corrected chi connectivity index (χ1v) is 14.2. The van der Waals surface area contributed by atoms with Crippen LogP contribution < -0.4 is 14.5 Å². The number of ether oxygens (including phenoxy) is 1. The van der Waals surface area contributed by atoms with E-state index in [9.17, 15) is 13.2 Å². The lowest BCUT2D eigenvalue weighted by atomic mass is 10.1. The van der Waals surface area contributed by atoms with Crippen LogP contribution in [0.3, 0.4) is 0 Å². The topological polar surface area (TPSA) is 79.3 Å². The summed E-state index contributed by atoms with van der Waals surface area (Å²) in [5.41, 5.74) is 3.83. The highest BCUT2D eigenvalue weighted by Gasteiger charge is 2.49. The van der Waals surface area contributed by atoms with Gasteiger partial charge in [0.15, 0.2) is 15.0 Å². The third kappa shape index (κ3) is 4.95. The van der Waals surface area contributed by atoms with Crippen LogP contribution in [0.1, 0.15) is 25.0 Å². The molecule has 0 aromatic heterocycles. The van der Waals surface area contributed by atoms with Crippen LogP contribution in [0.25, 0.3) is 0 Å². The Morgan fingerprint density at radius 1 is 1.18 bits per heavy atom. The largest absolute Gasteiger partial charge is 0.496 e. The second-order valence-electron chi connectivity index (χ2n) is 8.59. The normalized spacial score (nSPS) is 22.1. The van der Waals surface area contributed by atoms with E-state index in [0.29, 0.717) is 10.9 Å². The lowest BCUT2D eigenvalue weighted by Gasteiger charge is -2.28. The summed E-state index contributed by atoms with van der Waals surface area (Å²) in [5, 5.41) is 0.438. The molecule has 0 spiro atoms. The standard InChI is InChI=1S/C25H31N3O4S2/c1-5-27(6-2)19-11-12-20(17(3)13-19)28-21-15-34(30,31)16-23(21)33-25(28)26-24(29)14-18-9-7-8-10-22(18)32-4/h7-13,21,23H,5-6,14-16H2,1-4H3/t21-,23-/m1/s1. The quantitative estimate of drug-likeness (QED) is 0.572. The molecule has 2 atom stereocenters. The molecule has 0 aliphatic carbocycles. The molecule has 1 amide bonds. The van der Waals surface area contributed by atoms with E-state index in [1.54, 1.807) is 7.11 Å². The van der Waals surface area contributed by atoms with Crippen LogP contribution in [0.2, 0.25) is 0 Å². The molecule has 2 aliphatic rings. The van der Waals surface area contributed by atoms with Crippen molar-refractivity contribution in [3.63, 3.8) is 0 Å². The number of sulfone groups is 1. The van der Waals surface area contributed by atoms with E-state index in [2.05, 4.69) is 35.9 Å². The van der Waals surface area contributed by atoms with Crippen molar-refractivity contribution in [1.82, 2.24) is 0 Å². The second kappa shape index (κ2) is 10.00. The highest BCUT2D eigenvalue weighted by molar-refractivity contribution is 8.16. The zero-order valence-electron chi connectivity index (χ0n) is 20.0. The molecule has 2 aromatic carbocycles. The number of hydrogen-bond acceptors (Lipinski definition) is 6. The van der Waals surface area contributed by atoms with Gasteiger partial charge in [-0.3, -0.25) is 4.79 Å². The molecule has 2 aliphatic heterocycles. The Morgan fingerprint density at radius 3 is 2.59 bits per heavy atom. The van der Waals surface area contributed by atoms with Gasteiger partial charge < -0.3 is 14.5 Å². The van der Waals surface area contributed by atoms with Gasteiger partial charge in [-0.1, -0.05) is 30.0 Å². The van der Waals surface area contributed by atoms with Crippen LogP contribution in [0, 0.1) is 6.92 Å². The third-order valence-corrected chi connectivity index (χ3v) is 9.60. The number of aryl methyl sites for hydroxylation is 1. The van der Waals surface area contributed by atoms with Crippen molar-refractivity contribution < 1.29 is 17.9 Å². The van der Waals surface area contributed by atoms with Crippen LogP contribution >= 0.6 is 11.8 Å². The number of thioether (sulfide) groups is 1. The van der Waals surface area contributed by atoms with Crippen molar-refractivity contribution in [3.8, 4) is 5.75 Å². The van der Waals surface area contributed by atoms with E-state index >= 15 is 0 Å². The van der Waals surface area contributed by atoms with Crippen LogP contribution in [-0.4, -0.2) is 62.5 Å². The molecule has 0 radical (unpaired) electrons. The summed E-state index contributed by atoms with van der Waals surface area (Å²) in [6, 6.07) is 13.4. The van der Waals surface area contributed by atoms with E-state index in [4.69, 9.17) is 4.74 Å². The molecule has 0 N–H and O–H groups in total.